The van der Waals surface area contributed by atoms with E-state index in [1.165, 1.54) is 29.6 Å². The van der Waals surface area contributed by atoms with Gasteiger partial charge in [0, 0.05) is 56.2 Å². The van der Waals surface area contributed by atoms with Gasteiger partial charge in [-0.1, -0.05) is 57.2 Å². The zero-order valence-electron chi connectivity index (χ0n) is 29.6. The van der Waals surface area contributed by atoms with Crippen LogP contribution in [0.2, 0.25) is 0 Å². The highest BCUT2D eigenvalue weighted by atomic mass is 19.1. The Bertz CT molecular complexity index is 1680. The minimum absolute atomic E-state index is 0.0561. The first-order chi connectivity index (χ1) is 24.8. The van der Waals surface area contributed by atoms with E-state index < -0.39 is 53.9 Å². The van der Waals surface area contributed by atoms with Crippen molar-refractivity contribution in [2.45, 2.75) is 77.5 Å². The number of likely N-dealkylation sites (tertiary alicyclic amines) is 1. The van der Waals surface area contributed by atoms with Crippen LogP contribution in [0.5, 0.6) is 0 Å². The summed E-state index contributed by atoms with van der Waals surface area (Å²) in [5, 5.41) is 13.7. The summed E-state index contributed by atoms with van der Waals surface area (Å²) in [6, 6.07) is 9.03. The fourth-order valence-corrected chi connectivity index (χ4v) is 5.44. The molecule has 5 N–H and O–H groups in total. The predicted octanol–water partition coefficient (Wildman–Crippen LogP) is 3.01. The van der Waals surface area contributed by atoms with Crippen LogP contribution in [0.15, 0.2) is 67.1 Å². The van der Waals surface area contributed by atoms with Gasteiger partial charge in [-0.25, -0.2) is 18.6 Å². The Hall–Kier alpha value is -5.47. The SMILES string of the molecule is CC(C)(C)CNC(=O)C[C@H](NC(=O)N1CCC(NC(=O)c2cnccn2)CC1)C(=O)N[C@@H](CCc1ccccc1)C(=O)NCc1ccc(F)cc1F. The molecule has 1 aliphatic rings. The number of hydrogen-bond acceptors (Lipinski definition) is 7. The summed E-state index contributed by atoms with van der Waals surface area (Å²) >= 11 is 0. The van der Waals surface area contributed by atoms with Gasteiger partial charge in [-0.3, -0.25) is 24.2 Å². The van der Waals surface area contributed by atoms with Crippen LogP contribution in [0.25, 0.3) is 0 Å². The van der Waals surface area contributed by atoms with E-state index in [1.54, 1.807) is 0 Å². The molecule has 6 amide bonds. The number of nitrogens with one attached hydrogen (secondary N) is 5. The maximum absolute atomic E-state index is 14.3. The Balaban J connectivity index is 1.44. The lowest BCUT2D eigenvalue weighted by Crippen LogP contribution is -2.58. The van der Waals surface area contributed by atoms with Crippen LogP contribution in [0.1, 0.15) is 68.1 Å². The molecule has 0 radical (unpaired) electrons. The number of aromatic nitrogens is 2. The predicted molar refractivity (Wildman–Crippen MR) is 188 cm³/mol. The van der Waals surface area contributed by atoms with Gasteiger partial charge in [0.15, 0.2) is 0 Å². The zero-order valence-corrected chi connectivity index (χ0v) is 29.6. The molecule has 1 aliphatic heterocycles. The van der Waals surface area contributed by atoms with Gasteiger partial charge in [0.05, 0.1) is 12.6 Å². The average molecular weight is 721 g/mol. The number of carbonyl (C=O) groups excluding carboxylic acids is 5. The normalized spacial score (nSPS) is 14.4. The fraction of sp³-hybridized carbons (Fsp3) is 0.432. The van der Waals surface area contributed by atoms with E-state index >= 15 is 0 Å². The molecule has 4 rings (SSSR count). The molecule has 52 heavy (non-hydrogen) atoms. The summed E-state index contributed by atoms with van der Waals surface area (Å²) in [7, 11) is 0. The van der Waals surface area contributed by atoms with Gasteiger partial charge >= 0.3 is 6.03 Å². The van der Waals surface area contributed by atoms with Crippen molar-refractivity contribution in [1.82, 2.24) is 41.5 Å². The largest absolute Gasteiger partial charge is 0.355 e. The Morgan fingerprint density at radius 1 is 0.904 bits per heavy atom. The van der Waals surface area contributed by atoms with Gasteiger partial charge in [0.25, 0.3) is 5.91 Å². The number of piperidine rings is 1. The van der Waals surface area contributed by atoms with Crippen LogP contribution in [0, 0.1) is 17.0 Å². The molecule has 2 heterocycles. The highest BCUT2D eigenvalue weighted by Gasteiger charge is 2.32. The number of amides is 6. The summed E-state index contributed by atoms with van der Waals surface area (Å²) in [4.78, 5) is 75.7. The third kappa shape index (κ3) is 12.7. The van der Waals surface area contributed by atoms with E-state index in [4.69, 9.17) is 0 Å². The van der Waals surface area contributed by atoms with Gasteiger partial charge < -0.3 is 31.5 Å². The molecular formula is C37H46F2N8O5. The molecule has 0 bridgehead atoms. The van der Waals surface area contributed by atoms with Crippen molar-refractivity contribution < 1.29 is 32.8 Å². The Morgan fingerprint density at radius 3 is 2.29 bits per heavy atom. The molecule has 13 nitrogen and oxygen atoms in total. The maximum Gasteiger partial charge on any atom is 0.318 e. The first-order valence-corrected chi connectivity index (χ1v) is 17.2. The summed E-state index contributed by atoms with van der Waals surface area (Å²) < 4.78 is 27.7. The van der Waals surface area contributed by atoms with Crippen molar-refractivity contribution in [3.8, 4) is 0 Å². The molecule has 0 aliphatic carbocycles. The number of aryl methyl sites for hydroxylation is 1. The van der Waals surface area contributed by atoms with Crippen LogP contribution >= 0.6 is 0 Å². The first kappa shape index (κ1) is 39.3. The number of hydrogen-bond donors (Lipinski definition) is 5. The third-order valence-electron chi connectivity index (χ3n) is 8.40. The summed E-state index contributed by atoms with van der Waals surface area (Å²) in [5.41, 5.74) is 0.899. The van der Waals surface area contributed by atoms with Crippen LogP contribution in [0.4, 0.5) is 13.6 Å². The highest BCUT2D eigenvalue weighted by molar-refractivity contribution is 5.95. The summed E-state index contributed by atoms with van der Waals surface area (Å²) in [6.07, 6.45) is 5.29. The molecule has 0 saturated carbocycles. The van der Waals surface area contributed by atoms with Gasteiger partial charge in [-0.2, -0.15) is 0 Å². The molecule has 3 aromatic rings. The number of rotatable bonds is 14. The number of nitrogens with zero attached hydrogens (tertiary/aromatic N) is 3. The molecule has 278 valence electrons. The fourth-order valence-electron chi connectivity index (χ4n) is 5.44. The van der Waals surface area contributed by atoms with E-state index in [2.05, 4.69) is 36.6 Å². The van der Waals surface area contributed by atoms with Crippen molar-refractivity contribution >= 4 is 29.7 Å². The number of urea groups is 1. The van der Waals surface area contributed by atoms with E-state index in [0.717, 1.165) is 11.6 Å². The van der Waals surface area contributed by atoms with Crippen LogP contribution in [-0.4, -0.2) is 82.3 Å². The van der Waals surface area contributed by atoms with E-state index in [1.807, 2.05) is 51.1 Å². The molecule has 15 heteroatoms. The topological polar surface area (TPSA) is 175 Å². The minimum Gasteiger partial charge on any atom is -0.355 e. The molecule has 2 aromatic carbocycles. The quantitative estimate of drug-likeness (QED) is 0.170. The second kappa shape index (κ2) is 18.7. The number of benzene rings is 2. The van der Waals surface area contributed by atoms with Crippen molar-refractivity contribution in [1.29, 1.82) is 0 Å². The first-order valence-electron chi connectivity index (χ1n) is 17.2. The number of carbonyl (C=O) groups is 5. The summed E-state index contributed by atoms with van der Waals surface area (Å²) in [6.45, 7) is 6.41. The van der Waals surface area contributed by atoms with Gasteiger partial charge in [-0.05, 0) is 42.7 Å². The Labute approximate surface area is 301 Å². The third-order valence-corrected chi connectivity index (χ3v) is 8.40. The van der Waals surface area contributed by atoms with Gasteiger partial charge in [0.2, 0.25) is 17.7 Å². The minimum atomic E-state index is -1.34. The van der Waals surface area contributed by atoms with Crippen molar-refractivity contribution in [2.24, 2.45) is 5.41 Å². The van der Waals surface area contributed by atoms with Crippen molar-refractivity contribution in [3.05, 3.63) is 95.6 Å². The molecule has 1 aromatic heterocycles. The second-order valence-electron chi connectivity index (χ2n) is 13.9. The lowest BCUT2D eigenvalue weighted by molar-refractivity contribution is -0.131. The molecule has 1 saturated heterocycles. The molecule has 1 fully saturated rings. The van der Waals surface area contributed by atoms with Gasteiger partial charge in [0.1, 0.15) is 29.4 Å². The average Bonchev–Trinajstić information content (AvgIpc) is 3.12. The standard InChI is InChI=1S/C37H46F2N8O5/c1-37(2,3)23-43-32(48)20-30(46-36(52)47-17-13-27(14-18-47)44-35(51)31-22-40-15-16-41-31)34(50)45-29(12-9-24-7-5-4-6-8-24)33(49)42-21-25-10-11-26(38)19-28(25)39/h4-8,10-11,15-16,19,22,27,29-30H,9,12-14,17-18,20-21,23H2,1-3H3,(H,42,49)(H,43,48)(H,44,51)(H,45,50)(H,46,52)/t29-,30-/m0/s1. The Morgan fingerprint density at radius 2 is 1.63 bits per heavy atom. The van der Waals surface area contributed by atoms with E-state index in [-0.39, 0.29) is 54.7 Å². The maximum atomic E-state index is 14.3. The van der Waals surface area contributed by atoms with Gasteiger partial charge in [-0.15, -0.1) is 0 Å². The summed E-state index contributed by atoms with van der Waals surface area (Å²) in [5.74, 6) is -3.81. The second-order valence-corrected chi connectivity index (χ2v) is 13.9. The molecule has 0 unspecified atom stereocenters. The monoisotopic (exact) mass is 720 g/mol. The van der Waals surface area contributed by atoms with Crippen LogP contribution in [-0.2, 0) is 27.3 Å². The van der Waals surface area contributed by atoms with Crippen molar-refractivity contribution in [2.75, 3.05) is 19.6 Å². The van der Waals surface area contributed by atoms with E-state index in [9.17, 15) is 32.8 Å². The molecule has 2 atom stereocenters. The lowest BCUT2D eigenvalue weighted by atomic mass is 9.97. The molecular weight excluding hydrogens is 674 g/mol. The number of halogens is 2. The Kier molecular flexibility index (Phi) is 14.1. The van der Waals surface area contributed by atoms with Crippen molar-refractivity contribution in [3.63, 3.8) is 0 Å². The highest BCUT2D eigenvalue weighted by Crippen LogP contribution is 2.14. The smallest absolute Gasteiger partial charge is 0.318 e. The lowest BCUT2D eigenvalue weighted by Gasteiger charge is -2.33. The van der Waals surface area contributed by atoms with Crippen LogP contribution < -0.4 is 26.6 Å². The zero-order chi connectivity index (χ0) is 37.7. The molecule has 0 spiro atoms. The van der Waals surface area contributed by atoms with E-state index in [0.29, 0.717) is 31.9 Å². The van der Waals surface area contributed by atoms with Crippen LogP contribution in [0.3, 0.4) is 0 Å².